The van der Waals surface area contributed by atoms with Crippen molar-refractivity contribution >= 4 is 11.6 Å². The van der Waals surface area contributed by atoms with Crippen molar-refractivity contribution in [2.45, 2.75) is 0 Å². The number of nitrogens with zero attached hydrogens (tertiary/aromatic N) is 5. The van der Waals surface area contributed by atoms with Gasteiger partial charge in [-0.05, 0) is 46.8 Å². The Kier molecular flexibility index (Phi) is 2.74. The molecule has 5 nitrogen and oxygen atoms in total. The van der Waals surface area contributed by atoms with E-state index in [-0.39, 0.29) is 0 Å². The maximum Gasteiger partial charge on any atom is 0.188 e. The first-order valence-electron chi connectivity index (χ1n) is 5.30. The van der Waals surface area contributed by atoms with Gasteiger partial charge in [0.2, 0.25) is 0 Å². The zero-order chi connectivity index (χ0) is 12.4. The molecule has 0 fully saturated rings. The van der Waals surface area contributed by atoms with Crippen molar-refractivity contribution in [2.24, 2.45) is 0 Å². The predicted molar refractivity (Wildman–Crippen MR) is 67.4 cm³/mol. The van der Waals surface area contributed by atoms with Crippen molar-refractivity contribution in [3.05, 3.63) is 53.7 Å². The SMILES string of the molecule is Clc1ccc(-c2nnnn2-c2ccccn2)cc1. The Labute approximate surface area is 108 Å². The second kappa shape index (κ2) is 4.54. The van der Waals surface area contributed by atoms with Gasteiger partial charge < -0.3 is 0 Å². The molecule has 0 spiro atoms. The number of benzene rings is 1. The van der Waals surface area contributed by atoms with Gasteiger partial charge in [0.05, 0.1) is 0 Å². The maximum atomic E-state index is 5.86. The fraction of sp³-hybridized carbons (Fsp3) is 0. The Bertz CT molecular complexity index is 648. The molecule has 0 amide bonds. The smallest absolute Gasteiger partial charge is 0.188 e. The number of rotatable bonds is 2. The highest BCUT2D eigenvalue weighted by molar-refractivity contribution is 6.30. The number of hydrogen-bond donors (Lipinski definition) is 0. The lowest BCUT2D eigenvalue weighted by Crippen LogP contribution is -2.01. The lowest BCUT2D eigenvalue weighted by Gasteiger charge is -2.03. The molecule has 0 N–H and O–H groups in total. The van der Waals surface area contributed by atoms with E-state index in [0.29, 0.717) is 16.7 Å². The van der Waals surface area contributed by atoms with Crippen LogP contribution in [0.1, 0.15) is 0 Å². The van der Waals surface area contributed by atoms with E-state index in [1.165, 1.54) is 0 Å². The minimum absolute atomic E-state index is 0.630. The van der Waals surface area contributed by atoms with Crippen molar-refractivity contribution in [1.29, 1.82) is 0 Å². The largest absolute Gasteiger partial charge is 0.237 e. The fourth-order valence-corrected chi connectivity index (χ4v) is 1.73. The molecule has 3 aromatic rings. The molecule has 0 saturated heterocycles. The van der Waals surface area contributed by atoms with Crippen molar-refractivity contribution < 1.29 is 0 Å². The molecule has 2 heterocycles. The van der Waals surface area contributed by atoms with Crippen LogP contribution in [0.25, 0.3) is 17.2 Å². The third-order valence-electron chi connectivity index (χ3n) is 2.44. The third-order valence-corrected chi connectivity index (χ3v) is 2.69. The van der Waals surface area contributed by atoms with E-state index in [2.05, 4.69) is 20.5 Å². The Morgan fingerprint density at radius 3 is 2.56 bits per heavy atom. The Morgan fingerprint density at radius 1 is 1.00 bits per heavy atom. The molecule has 2 aromatic heterocycles. The molecular formula is C12H8ClN5. The average Bonchev–Trinajstić information content (AvgIpc) is 2.90. The van der Waals surface area contributed by atoms with Gasteiger partial charge in [-0.25, -0.2) is 4.98 Å². The molecule has 1 aromatic carbocycles. The van der Waals surface area contributed by atoms with Crippen LogP contribution in [0.4, 0.5) is 0 Å². The highest BCUT2D eigenvalue weighted by Gasteiger charge is 2.10. The van der Waals surface area contributed by atoms with Gasteiger partial charge in [0.1, 0.15) is 0 Å². The van der Waals surface area contributed by atoms with Crippen molar-refractivity contribution in [3.8, 4) is 17.2 Å². The second-order valence-corrected chi connectivity index (χ2v) is 4.05. The molecule has 0 saturated carbocycles. The third kappa shape index (κ3) is 1.96. The van der Waals surface area contributed by atoms with Gasteiger partial charge in [-0.1, -0.05) is 17.7 Å². The van der Waals surface area contributed by atoms with Crippen molar-refractivity contribution in [2.75, 3.05) is 0 Å². The summed E-state index contributed by atoms with van der Waals surface area (Å²) in [5.74, 6) is 1.30. The standard InChI is InChI=1S/C12H8ClN5/c13-10-6-4-9(5-7-10)12-15-16-17-18(12)11-3-1-2-8-14-11/h1-8H. The van der Waals surface area contributed by atoms with E-state index in [0.717, 1.165) is 5.56 Å². The monoisotopic (exact) mass is 257 g/mol. The summed E-state index contributed by atoms with van der Waals surface area (Å²) < 4.78 is 1.59. The van der Waals surface area contributed by atoms with Crippen LogP contribution in [0.5, 0.6) is 0 Å². The van der Waals surface area contributed by atoms with Crippen LogP contribution in [0.15, 0.2) is 48.7 Å². The molecule has 3 rings (SSSR count). The molecule has 0 atom stereocenters. The molecule has 0 unspecified atom stereocenters. The van der Waals surface area contributed by atoms with Crippen LogP contribution >= 0.6 is 11.6 Å². The minimum Gasteiger partial charge on any atom is -0.237 e. The summed E-state index contributed by atoms with van der Waals surface area (Å²) in [6.07, 6.45) is 1.70. The van der Waals surface area contributed by atoms with E-state index in [9.17, 15) is 0 Å². The molecular weight excluding hydrogens is 250 g/mol. The number of pyridine rings is 1. The van der Waals surface area contributed by atoms with Crippen LogP contribution in [0.3, 0.4) is 0 Å². The summed E-state index contributed by atoms with van der Waals surface area (Å²) in [5, 5.41) is 12.3. The summed E-state index contributed by atoms with van der Waals surface area (Å²) in [7, 11) is 0. The van der Waals surface area contributed by atoms with Gasteiger partial charge in [0.15, 0.2) is 11.6 Å². The molecule has 0 bridgehead atoms. The predicted octanol–water partition coefficient (Wildman–Crippen LogP) is 2.38. The van der Waals surface area contributed by atoms with Crippen LogP contribution < -0.4 is 0 Å². The first-order valence-corrected chi connectivity index (χ1v) is 5.68. The van der Waals surface area contributed by atoms with Crippen LogP contribution in [0.2, 0.25) is 5.02 Å². The Morgan fingerprint density at radius 2 is 1.83 bits per heavy atom. The van der Waals surface area contributed by atoms with Gasteiger partial charge in [0.25, 0.3) is 0 Å². The molecule has 18 heavy (non-hydrogen) atoms. The zero-order valence-corrected chi connectivity index (χ0v) is 9.99. The van der Waals surface area contributed by atoms with Gasteiger partial charge in [-0.15, -0.1) is 5.10 Å². The van der Waals surface area contributed by atoms with Crippen molar-refractivity contribution in [3.63, 3.8) is 0 Å². The first kappa shape index (κ1) is 10.9. The summed E-state index contributed by atoms with van der Waals surface area (Å²) in [6, 6.07) is 12.9. The Hall–Kier alpha value is -2.27. The number of hydrogen-bond acceptors (Lipinski definition) is 4. The summed E-state index contributed by atoms with van der Waals surface area (Å²) in [5.41, 5.74) is 0.884. The van der Waals surface area contributed by atoms with E-state index >= 15 is 0 Å². The zero-order valence-electron chi connectivity index (χ0n) is 9.23. The lowest BCUT2D eigenvalue weighted by molar-refractivity contribution is 0.773. The molecule has 0 aliphatic carbocycles. The quantitative estimate of drug-likeness (QED) is 0.707. The topological polar surface area (TPSA) is 56.5 Å². The van der Waals surface area contributed by atoms with Gasteiger partial charge >= 0.3 is 0 Å². The lowest BCUT2D eigenvalue weighted by atomic mass is 10.2. The molecule has 0 aliphatic rings. The maximum absolute atomic E-state index is 5.86. The summed E-state index contributed by atoms with van der Waals surface area (Å²) in [4.78, 5) is 4.22. The highest BCUT2D eigenvalue weighted by Crippen LogP contribution is 2.20. The normalized spacial score (nSPS) is 10.5. The Balaban J connectivity index is 2.10. The molecule has 6 heteroatoms. The van der Waals surface area contributed by atoms with Gasteiger partial charge in [0, 0.05) is 16.8 Å². The van der Waals surface area contributed by atoms with Gasteiger partial charge in [-0.2, -0.15) is 4.68 Å². The number of halogens is 1. The van der Waals surface area contributed by atoms with Crippen molar-refractivity contribution in [1.82, 2.24) is 25.2 Å². The fourth-order valence-electron chi connectivity index (χ4n) is 1.60. The van der Waals surface area contributed by atoms with Crippen LogP contribution in [0, 0.1) is 0 Å². The van der Waals surface area contributed by atoms with E-state index in [1.807, 2.05) is 30.3 Å². The van der Waals surface area contributed by atoms with E-state index in [4.69, 9.17) is 11.6 Å². The van der Waals surface area contributed by atoms with E-state index in [1.54, 1.807) is 23.0 Å². The number of aromatic nitrogens is 5. The molecule has 88 valence electrons. The van der Waals surface area contributed by atoms with Crippen LogP contribution in [-0.4, -0.2) is 25.2 Å². The second-order valence-electron chi connectivity index (χ2n) is 3.61. The van der Waals surface area contributed by atoms with Gasteiger partial charge in [-0.3, -0.25) is 0 Å². The molecule has 0 aliphatic heterocycles. The van der Waals surface area contributed by atoms with E-state index < -0.39 is 0 Å². The summed E-state index contributed by atoms with van der Waals surface area (Å²) in [6.45, 7) is 0. The minimum atomic E-state index is 0.630. The number of tetrazole rings is 1. The summed E-state index contributed by atoms with van der Waals surface area (Å²) >= 11 is 5.86. The van der Waals surface area contributed by atoms with Crippen LogP contribution in [-0.2, 0) is 0 Å². The highest BCUT2D eigenvalue weighted by atomic mass is 35.5. The average molecular weight is 258 g/mol. The first-order chi connectivity index (χ1) is 8.84. The molecule has 0 radical (unpaired) electrons.